The molecule has 0 saturated carbocycles. The van der Waals surface area contributed by atoms with Crippen molar-refractivity contribution >= 4 is 21.6 Å². The smallest absolute Gasteiger partial charge is 0.354 e. The van der Waals surface area contributed by atoms with Crippen LogP contribution in [0.1, 0.15) is 17.5 Å². The maximum atomic E-state index is 13.6. The Morgan fingerprint density at radius 1 is 0.892 bits per heavy atom. The number of carbonyl (C=O) groups is 1. The van der Waals surface area contributed by atoms with Crippen LogP contribution in [0.5, 0.6) is 0 Å². The van der Waals surface area contributed by atoms with Gasteiger partial charge in [-0.3, -0.25) is 9.10 Å². The van der Waals surface area contributed by atoms with E-state index in [4.69, 9.17) is 0 Å². The van der Waals surface area contributed by atoms with Gasteiger partial charge in [0, 0.05) is 13.0 Å². The molecule has 0 aromatic heterocycles. The molecule has 0 fully saturated rings. The fraction of sp³-hybridized carbons (Fsp3) is 0.240. The van der Waals surface area contributed by atoms with Gasteiger partial charge in [-0.15, -0.1) is 0 Å². The Morgan fingerprint density at radius 2 is 1.51 bits per heavy atom. The van der Waals surface area contributed by atoms with Crippen molar-refractivity contribution in [2.24, 2.45) is 0 Å². The van der Waals surface area contributed by atoms with Gasteiger partial charge in [-0.25, -0.2) is 8.42 Å². The summed E-state index contributed by atoms with van der Waals surface area (Å²) < 4.78 is 106. The summed E-state index contributed by atoms with van der Waals surface area (Å²) in [4.78, 5) is 12.5. The molecule has 3 aromatic carbocycles. The molecule has 12 heteroatoms. The summed E-state index contributed by atoms with van der Waals surface area (Å²) in [5, 5.41) is 2.15. The van der Waals surface area contributed by atoms with Gasteiger partial charge in [0.05, 0.1) is 22.6 Å². The van der Waals surface area contributed by atoms with Gasteiger partial charge in [0.1, 0.15) is 6.04 Å². The molecular weight excluding hydrogens is 522 g/mol. The Hall–Kier alpha value is -3.54. The van der Waals surface area contributed by atoms with Crippen molar-refractivity contribution in [3.63, 3.8) is 0 Å². The summed E-state index contributed by atoms with van der Waals surface area (Å²) in [6.07, 6.45) is -10.4. The average Bonchev–Trinajstić information content (AvgIpc) is 3.23. The van der Waals surface area contributed by atoms with Gasteiger partial charge in [-0.05, 0) is 41.0 Å². The van der Waals surface area contributed by atoms with Crippen LogP contribution < -0.4 is 9.62 Å². The average molecular weight is 543 g/mol. The Balaban J connectivity index is 1.66. The summed E-state index contributed by atoms with van der Waals surface area (Å²) in [5.74, 6) is -0.889. The summed E-state index contributed by atoms with van der Waals surface area (Å²) >= 11 is 0. The molecule has 0 unspecified atom stereocenters. The van der Waals surface area contributed by atoms with E-state index < -0.39 is 52.9 Å². The van der Waals surface area contributed by atoms with Crippen LogP contribution in [-0.2, 0) is 27.4 Å². The number of fused-ring (bicyclic) bond motifs is 1. The van der Waals surface area contributed by atoms with E-state index in [1.54, 1.807) is 18.2 Å². The molecule has 0 spiro atoms. The summed E-state index contributed by atoms with van der Waals surface area (Å²) in [6.45, 7) is -0.712. The number of nitrogens with one attached hydrogen (secondary N) is 1. The number of alkyl halides is 6. The minimum atomic E-state index is -4.62. The number of carbonyl (C=O) groups excluding carboxylic acids is 1. The second-order valence-electron chi connectivity index (χ2n) is 8.37. The second kappa shape index (κ2) is 9.73. The third kappa shape index (κ3) is 5.58. The molecular formula is C25H20F6N2O3S. The molecule has 0 saturated heterocycles. The number of sulfonamides is 1. The highest BCUT2D eigenvalue weighted by Gasteiger charge is 2.42. The summed E-state index contributed by atoms with van der Waals surface area (Å²) in [6, 6.07) is 14.6. The quantitative estimate of drug-likeness (QED) is 0.415. The molecule has 37 heavy (non-hydrogen) atoms. The van der Waals surface area contributed by atoms with Gasteiger partial charge >= 0.3 is 12.4 Å². The predicted octanol–water partition coefficient (Wildman–Crippen LogP) is 5.56. The number of halogens is 6. The van der Waals surface area contributed by atoms with Gasteiger partial charge in [-0.1, -0.05) is 48.5 Å². The number of para-hydroxylation sites is 1. The zero-order chi connectivity index (χ0) is 27.0. The SMILES string of the molecule is O=C(NCCC(F)(F)F)[C@@H]1Cc2ccccc2N1S(=O)(=O)c1ccc(-c2ccccc2C(F)(F)F)cc1. The fourth-order valence-corrected chi connectivity index (χ4v) is 5.85. The van der Waals surface area contributed by atoms with E-state index in [0.717, 1.165) is 22.5 Å². The van der Waals surface area contributed by atoms with Crippen LogP contribution in [0.3, 0.4) is 0 Å². The first kappa shape index (κ1) is 26.5. The lowest BCUT2D eigenvalue weighted by molar-refractivity contribution is -0.137. The maximum Gasteiger partial charge on any atom is 0.417 e. The molecule has 3 aromatic rings. The van der Waals surface area contributed by atoms with Crippen LogP contribution in [0, 0.1) is 0 Å². The van der Waals surface area contributed by atoms with Crippen LogP contribution in [0.15, 0.2) is 77.7 Å². The van der Waals surface area contributed by atoms with E-state index >= 15 is 0 Å². The third-order valence-electron chi connectivity index (χ3n) is 5.89. The largest absolute Gasteiger partial charge is 0.417 e. The van der Waals surface area contributed by atoms with Crippen molar-refractivity contribution in [1.29, 1.82) is 0 Å². The van der Waals surface area contributed by atoms with Gasteiger partial charge < -0.3 is 5.32 Å². The zero-order valence-corrected chi connectivity index (χ0v) is 19.8. The number of amides is 1. The monoisotopic (exact) mass is 542 g/mol. The van der Waals surface area contributed by atoms with Crippen LogP contribution in [0.2, 0.25) is 0 Å². The van der Waals surface area contributed by atoms with Crippen molar-refractivity contribution < 1.29 is 39.6 Å². The van der Waals surface area contributed by atoms with Gasteiger partial charge in [0.15, 0.2) is 0 Å². The Kier molecular flexibility index (Phi) is 6.97. The highest BCUT2D eigenvalue weighted by Crippen LogP contribution is 2.39. The molecule has 0 bridgehead atoms. The lowest BCUT2D eigenvalue weighted by Crippen LogP contribution is -2.48. The molecule has 1 heterocycles. The topological polar surface area (TPSA) is 66.5 Å². The Bertz CT molecular complexity index is 1400. The van der Waals surface area contributed by atoms with E-state index in [2.05, 4.69) is 5.32 Å². The first-order valence-corrected chi connectivity index (χ1v) is 12.5. The van der Waals surface area contributed by atoms with E-state index in [1.165, 1.54) is 36.4 Å². The van der Waals surface area contributed by atoms with Crippen molar-refractivity contribution in [1.82, 2.24) is 5.32 Å². The van der Waals surface area contributed by atoms with Crippen molar-refractivity contribution in [2.45, 2.75) is 36.1 Å². The summed E-state index contributed by atoms with van der Waals surface area (Å²) in [7, 11) is -4.41. The molecule has 196 valence electrons. The number of hydrogen-bond acceptors (Lipinski definition) is 3. The number of hydrogen-bond donors (Lipinski definition) is 1. The Morgan fingerprint density at radius 3 is 2.16 bits per heavy atom. The minimum Gasteiger partial charge on any atom is -0.354 e. The van der Waals surface area contributed by atoms with Crippen molar-refractivity contribution in [3.8, 4) is 11.1 Å². The van der Waals surface area contributed by atoms with Crippen LogP contribution in [0.25, 0.3) is 11.1 Å². The van der Waals surface area contributed by atoms with Gasteiger partial charge in [0.2, 0.25) is 5.91 Å². The lowest BCUT2D eigenvalue weighted by atomic mass is 9.99. The summed E-state index contributed by atoms with van der Waals surface area (Å²) in [5.41, 5.74) is -0.167. The predicted molar refractivity (Wildman–Crippen MR) is 124 cm³/mol. The molecule has 1 aliphatic rings. The number of anilines is 1. The maximum absolute atomic E-state index is 13.6. The van der Waals surface area contributed by atoms with Gasteiger partial charge in [0.25, 0.3) is 10.0 Å². The molecule has 0 aliphatic carbocycles. The van der Waals surface area contributed by atoms with Crippen LogP contribution >= 0.6 is 0 Å². The van der Waals surface area contributed by atoms with E-state index in [-0.39, 0.29) is 28.1 Å². The highest BCUT2D eigenvalue weighted by atomic mass is 32.2. The van der Waals surface area contributed by atoms with Crippen LogP contribution in [-0.4, -0.2) is 33.1 Å². The standard InChI is InChI=1S/C25H20F6N2O3S/c26-24(27,28)13-14-32-23(34)22-15-17-5-1-4-8-21(17)33(22)37(35,36)18-11-9-16(10-12-18)19-6-2-3-7-20(19)25(29,30)31/h1-12,22H,13-15H2,(H,32,34)/t22-/m0/s1. The molecule has 4 rings (SSSR count). The van der Waals surface area contributed by atoms with E-state index in [9.17, 15) is 39.6 Å². The minimum absolute atomic E-state index is 0.0513. The molecule has 1 atom stereocenters. The van der Waals surface area contributed by atoms with E-state index in [1.807, 2.05) is 0 Å². The first-order valence-electron chi connectivity index (χ1n) is 11.0. The normalized spacial score (nSPS) is 15.9. The lowest BCUT2D eigenvalue weighted by Gasteiger charge is -2.26. The molecule has 5 nitrogen and oxygen atoms in total. The molecule has 1 N–H and O–H groups in total. The number of rotatable bonds is 6. The van der Waals surface area contributed by atoms with Crippen molar-refractivity contribution in [3.05, 3.63) is 83.9 Å². The second-order valence-corrected chi connectivity index (χ2v) is 10.2. The fourth-order valence-electron chi connectivity index (χ4n) is 4.20. The van der Waals surface area contributed by atoms with Crippen LogP contribution in [0.4, 0.5) is 32.0 Å². The van der Waals surface area contributed by atoms with Gasteiger partial charge in [-0.2, -0.15) is 26.3 Å². The molecule has 0 radical (unpaired) electrons. The zero-order valence-electron chi connectivity index (χ0n) is 19.0. The highest BCUT2D eigenvalue weighted by molar-refractivity contribution is 7.93. The third-order valence-corrected chi connectivity index (χ3v) is 7.73. The first-order chi connectivity index (χ1) is 17.3. The molecule has 1 amide bonds. The number of benzene rings is 3. The van der Waals surface area contributed by atoms with E-state index in [0.29, 0.717) is 5.56 Å². The Labute approximate surface area is 208 Å². The number of nitrogens with zero attached hydrogens (tertiary/aromatic N) is 1. The molecule has 1 aliphatic heterocycles. The van der Waals surface area contributed by atoms with Crippen molar-refractivity contribution in [2.75, 3.05) is 10.8 Å².